The fourth-order valence-corrected chi connectivity index (χ4v) is 1.49. The van der Waals surface area contributed by atoms with E-state index in [4.69, 9.17) is 0 Å². The molecule has 1 aliphatic heterocycles. The van der Waals surface area contributed by atoms with Crippen molar-refractivity contribution in [2.45, 2.75) is 6.42 Å². The van der Waals surface area contributed by atoms with E-state index in [1.807, 2.05) is 24.1 Å². The minimum Gasteiger partial charge on any atom is -0.314 e. The van der Waals surface area contributed by atoms with Gasteiger partial charge in [-0.05, 0) is 24.1 Å². The Balaban J connectivity index is 2.48. The second-order valence-corrected chi connectivity index (χ2v) is 3.37. The van der Waals surface area contributed by atoms with Crippen LogP contribution >= 0.6 is 0 Å². The zero-order chi connectivity index (χ0) is 10.7. The summed E-state index contributed by atoms with van der Waals surface area (Å²) in [6, 6.07) is 4.02. The molecule has 0 aliphatic carbocycles. The van der Waals surface area contributed by atoms with Crippen molar-refractivity contribution in [2.24, 2.45) is 4.99 Å². The maximum Gasteiger partial charge on any atom is 0.137 e. The predicted molar refractivity (Wildman–Crippen MR) is 63.1 cm³/mol. The van der Waals surface area contributed by atoms with Crippen molar-refractivity contribution in [3.63, 3.8) is 0 Å². The van der Waals surface area contributed by atoms with Gasteiger partial charge in [-0.25, -0.2) is 9.98 Å². The Hall–Kier alpha value is -1.90. The summed E-state index contributed by atoms with van der Waals surface area (Å²) in [6.07, 6.45) is 8.41. The molecule has 1 aliphatic rings. The van der Waals surface area contributed by atoms with E-state index in [0.717, 1.165) is 12.2 Å². The average molecular weight is 199 g/mol. The van der Waals surface area contributed by atoms with E-state index in [9.17, 15) is 0 Å². The largest absolute Gasteiger partial charge is 0.314 e. The summed E-state index contributed by atoms with van der Waals surface area (Å²) in [7, 11) is 1.93. The molecular formula is C12H13N3. The monoisotopic (exact) mass is 199 g/mol. The summed E-state index contributed by atoms with van der Waals surface area (Å²) in [4.78, 5) is 10.5. The number of nitrogens with zero attached hydrogens (tertiary/aromatic N) is 3. The highest BCUT2D eigenvalue weighted by molar-refractivity contribution is 5.73. The summed E-state index contributed by atoms with van der Waals surface area (Å²) in [5.41, 5.74) is 1.18. The van der Waals surface area contributed by atoms with Crippen molar-refractivity contribution in [1.29, 1.82) is 0 Å². The topological polar surface area (TPSA) is 28.5 Å². The highest BCUT2D eigenvalue weighted by Crippen LogP contribution is 2.20. The third kappa shape index (κ3) is 1.96. The van der Waals surface area contributed by atoms with Crippen LogP contribution in [0, 0.1) is 0 Å². The van der Waals surface area contributed by atoms with Gasteiger partial charge in [0.25, 0.3) is 0 Å². The van der Waals surface area contributed by atoms with E-state index in [1.54, 1.807) is 12.4 Å². The predicted octanol–water partition coefficient (Wildman–Crippen LogP) is 2.17. The maximum atomic E-state index is 4.35. The first-order valence-corrected chi connectivity index (χ1v) is 4.85. The number of aliphatic imine (C=N–C) groups is 1. The van der Waals surface area contributed by atoms with Gasteiger partial charge in [-0.3, -0.25) is 0 Å². The van der Waals surface area contributed by atoms with Gasteiger partial charge in [0.15, 0.2) is 0 Å². The number of fused-ring (bicyclic) bond motifs is 1. The molecule has 3 heteroatoms. The Morgan fingerprint density at radius 3 is 3.20 bits per heavy atom. The van der Waals surface area contributed by atoms with Crippen molar-refractivity contribution < 1.29 is 0 Å². The smallest absolute Gasteiger partial charge is 0.137 e. The van der Waals surface area contributed by atoms with E-state index in [2.05, 4.69) is 28.7 Å². The maximum absolute atomic E-state index is 4.35. The van der Waals surface area contributed by atoms with Crippen molar-refractivity contribution >= 4 is 12.0 Å². The molecule has 1 aromatic rings. The lowest BCUT2D eigenvalue weighted by molar-refractivity contribution is 1.01. The lowest BCUT2D eigenvalue weighted by Crippen LogP contribution is -2.17. The summed E-state index contributed by atoms with van der Waals surface area (Å²) in [5, 5.41) is 0. The molecule has 0 atom stereocenters. The minimum atomic E-state index is 0.696. The second kappa shape index (κ2) is 4.09. The Labute approximate surface area is 89.5 Å². The minimum absolute atomic E-state index is 0.696. The van der Waals surface area contributed by atoms with Crippen LogP contribution in [0.1, 0.15) is 5.56 Å². The molecule has 76 valence electrons. The van der Waals surface area contributed by atoms with Gasteiger partial charge in [-0.2, -0.15) is 0 Å². The summed E-state index contributed by atoms with van der Waals surface area (Å²) in [5.74, 6) is 1.62. The first kappa shape index (κ1) is 9.65. The molecule has 0 aromatic carbocycles. The van der Waals surface area contributed by atoms with Crippen LogP contribution in [-0.4, -0.2) is 18.2 Å². The standard InChI is InChI=1S/C12H13N3/c1-10-13-8-4-3-6-11-7-5-9-14-12(11)15(10)2/h3-5,7-9H,1,6H2,2H3/b4-3-,13-8-. The van der Waals surface area contributed by atoms with Gasteiger partial charge < -0.3 is 4.90 Å². The highest BCUT2D eigenvalue weighted by Gasteiger charge is 2.10. The fraction of sp³-hybridized carbons (Fsp3) is 0.167. The molecule has 0 saturated carbocycles. The molecule has 0 amide bonds. The Kier molecular flexibility index (Phi) is 2.63. The second-order valence-electron chi connectivity index (χ2n) is 3.37. The Morgan fingerprint density at radius 1 is 1.47 bits per heavy atom. The average Bonchev–Trinajstić information content (AvgIpc) is 2.33. The van der Waals surface area contributed by atoms with Gasteiger partial charge in [0.2, 0.25) is 0 Å². The van der Waals surface area contributed by atoms with Crippen LogP contribution in [0.4, 0.5) is 5.82 Å². The van der Waals surface area contributed by atoms with Crippen LogP contribution in [0.5, 0.6) is 0 Å². The number of hydrogen-bond acceptors (Lipinski definition) is 3. The van der Waals surface area contributed by atoms with Crippen LogP contribution in [0.3, 0.4) is 0 Å². The molecule has 0 saturated heterocycles. The molecule has 1 aromatic heterocycles. The van der Waals surface area contributed by atoms with Crippen molar-refractivity contribution in [2.75, 3.05) is 11.9 Å². The molecule has 0 bridgehead atoms. The molecule has 15 heavy (non-hydrogen) atoms. The third-order valence-electron chi connectivity index (χ3n) is 2.36. The number of allylic oxidation sites excluding steroid dienone is 2. The van der Waals surface area contributed by atoms with Gasteiger partial charge >= 0.3 is 0 Å². The molecule has 0 radical (unpaired) electrons. The number of rotatable bonds is 0. The first-order valence-electron chi connectivity index (χ1n) is 4.85. The Bertz CT molecular complexity index is 432. The van der Waals surface area contributed by atoms with Gasteiger partial charge in [0.05, 0.1) is 0 Å². The van der Waals surface area contributed by atoms with Gasteiger partial charge in [-0.15, -0.1) is 0 Å². The van der Waals surface area contributed by atoms with E-state index in [-0.39, 0.29) is 0 Å². The summed E-state index contributed by atoms with van der Waals surface area (Å²) < 4.78 is 0. The van der Waals surface area contributed by atoms with Crippen molar-refractivity contribution in [1.82, 2.24) is 4.98 Å². The van der Waals surface area contributed by atoms with Gasteiger partial charge in [-0.1, -0.05) is 18.7 Å². The normalized spacial score (nSPS) is 19.8. The fourth-order valence-electron chi connectivity index (χ4n) is 1.49. The molecule has 2 rings (SSSR count). The number of hydrogen-bond donors (Lipinski definition) is 0. The number of pyridine rings is 1. The zero-order valence-electron chi connectivity index (χ0n) is 8.72. The molecule has 0 fully saturated rings. The summed E-state index contributed by atoms with van der Waals surface area (Å²) >= 11 is 0. The van der Waals surface area contributed by atoms with Crippen molar-refractivity contribution in [3.8, 4) is 0 Å². The number of anilines is 1. The summed E-state index contributed by atoms with van der Waals surface area (Å²) in [6.45, 7) is 3.89. The van der Waals surface area contributed by atoms with E-state index >= 15 is 0 Å². The molecule has 0 unspecified atom stereocenters. The van der Waals surface area contributed by atoms with Crippen LogP contribution in [0.15, 0.2) is 47.9 Å². The molecular weight excluding hydrogens is 186 g/mol. The van der Waals surface area contributed by atoms with Crippen LogP contribution in [-0.2, 0) is 6.42 Å². The van der Waals surface area contributed by atoms with Crippen LogP contribution < -0.4 is 4.90 Å². The Morgan fingerprint density at radius 2 is 2.33 bits per heavy atom. The molecule has 2 heterocycles. The lowest BCUT2D eigenvalue weighted by Gasteiger charge is -2.19. The quantitative estimate of drug-likeness (QED) is 0.640. The molecule has 0 N–H and O–H groups in total. The first-order chi connectivity index (χ1) is 7.29. The van der Waals surface area contributed by atoms with Crippen molar-refractivity contribution in [3.05, 3.63) is 48.4 Å². The highest BCUT2D eigenvalue weighted by atomic mass is 15.2. The van der Waals surface area contributed by atoms with E-state index in [0.29, 0.717) is 5.82 Å². The third-order valence-corrected chi connectivity index (χ3v) is 2.36. The van der Waals surface area contributed by atoms with E-state index < -0.39 is 0 Å². The molecule has 3 nitrogen and oxygen atoms in total. The van der Waals surface area contributed by atoms with Gasteiger partial charge in [0.1, 0.15) is 11.6 Å². The number of aromatic nitrogens is 1. The van der Waals surface area contributed by atoms with Crippen LogP contribution in [0.25, 0.3) is 0 Å². The SMILES string of the molecule is C=C1/N=C\C=C/Cc2cccnc2N1C. The lowest BCUT2D eigenvalue weighted by atomic mass is 10.1. The van der Waals surface area contributed by atoms with E-state index in [1.165, 1.54) is 5.56 Å². The van der Waals surface area contributed by atoms with Gasteiger partial charge in [0, 0.05) is 19.5 Å². The molecule has 0 spiro atoms. The zero-order valence-corrected chi connectivity index (χ0v) is 8.72. The van der Waals surface area contributed by atoms with Crippen LogP contribution in [0.2, 0.25) is 0 Å².